The lowest BCUT2D eigenvalue weighted by Crippen LogP contribution is -2.13. The predicted molar refractivity (Wildman–Crippen MR) is 82.0 cm³/mol. The summed E-state index contributed by atoms with van der Waals surface area (Å²) in [6.45, 7) is 0. The number of benzene rings is 2. The van der Waals surface area contributed by atoms with E-state index < -0.39 is 11.9 Å². The van der Waals surface area contributed by atoms with Crippen molar-refractivity contribution in [3.05, 3.63) is 57.3 Å². The van der Waals surface area contributed by atoms with Crippen molar-refractivity contribution >= 4 is 23.2 Å². The van der Waals surface area contributed by atoms with Crippen LogP contribution in [0.15, 0.2) is 30.3 Å². The van der Waals surface area contributed by atoms with Crippen molar-refractivity contribution in [2.45, 2.75) is 6.04 Å². The van der Waals surface area contributed by atoms with E-state index in [9.17, 15) is 4.39 Å². The molecule has 0 bridgehead atoms. The lowest BCUT2D eigenvalue weighted by molar-refractivity contribution is 0.354. The molecule has 0 heterocycles. The summed E-state index contributed by atoms with van der Waals surface area (Å²) < 4.78 is 23.9. The van der Waals surface area contributed by atoms with Crippen LogP contribution >= 0.6 is 23.2 Å². The second-order valence-electron chi connectivity index (χ2n) is 4.38. The molecule has 0 fully saturated rings. The fourth-order valence-corrected chi connectivity index (χ4v) is 2.38. The zero-order valence-corrected chi connectivity index (χ0v) is 13.0. The van der Waals surface area contributed by atoms with Gasteiger partial charge in [-0.3, -0.25) is 0 Å². The van der Waals surface area contributed by atoms with E-state index in [1.54, 1.807) is 18.2 Å². The molecule has 1 unspecified atom stereocenters. The van der Waals surface area contributed by atoms with E-state index >= 15 is 0 Å². The van der Waals surface area contributed by atoms with Gasteiger partial charge in [-0.2, -0.15) is 0 Å². The highest BCUT2D eigenvalue weighted by Gasteiger charge is 2.18. The SMILES string of the molecule is COc1cc(Cl)c(C(N)c2ccc(Cl)c(F)c2)cc1OC. The Morgan fingerprint density at radius 1 is 1.00 bits per heavy atom. The smallest absolute Gasteiger partial charge is 0.162 e. The monoisotopic (exact) mass is 329 g/mol. The van der Waals surface area contributed by atoms with Gasteiger partial charge < -0.3 is 15.2 Å². The Bertz CT molecular complexity index is 664. The van der Waals surface area contributed by atoms with Crippen LogP contribution in [0.4, 0.5) is 4.39 Å². The predicted octanol–water partition coefficient (Wildman–Crippen LogP) is 4.20. The molecule has 0 aliphatic heterocycles. The van der Waals surface area contributed by atoms with Crippen molar-refractivity contribution in [3.63, 3.8) is 0 Å². The third kappa shape index (κ3) is 3.23. The van der Waals surface area contributed by atoms with E-state index in [-0.39, 0.29) is 5.02 Å². The van der Waals surface area contributed by atoms with Crippen molar-refractivity contribution in [3.8, 4) is 11.5 Å². The summed E-state index contributed by atoms with van der Waals surface area (Å²) in [4.78, 5) is 0. The maximum absolute atomic E-state index is 13.6. The summed E-state index contributed by atoms with van der Waals surface area (Å²) in [5.41, 5.74) is 7.33. The average Bonchev–Trinajstić information content (AvgIpc) is 2.49. The van der Waals surface area contributed by atoms with Gasteiger partial charge in [-0.15, -0.1) is 0 Å². The van der Waals surface area contributed by atoms with Crippen molar-refractivity contribution in [1.29, 1.82) is 0 Å². The zero-order valence-electron chi connectivity index (χ0n) is 11.5. The Hall–Kier alpha value is -1.49. The number of halogens is 3. The molecule has 0 saturated heterocycles. The van der Waals surface area contributed by atoms with Crippen LogP contribution in [0, 0.1) is 5.82 Å². The Morgan fingerprint density at radius 2 is 1.62 bits per heavy atom. The van der Waals surface area contributed by atoms with Crippen LogP contribution in [-0.4, -0.2) is 14.2 Å². The number of methoxy groups -OCH3 is 2. The minimum Gasteiger partial charge on any atom is -0.493 e. The quantitative estimate of drug-likeness (QED) is 0.914. The molecule has 0 radical (unpaired) electrons. The molecule has 2 rings (SSSR count). The van der Waals surface area contributed by atoms with E-state index in [0.717, 1.165) is 0 Å². The fourth-order valence-electron chi connectivity index (χ4n) is 1.99. The van der Waals surface area contributed by atoms with Crippen LogP contribution in [0.5, 0.6) is 11.5 Å². The number of ether oxygens (including phenoxy) is 2. The van der Waals surface area contributed by atoms with Crippen LogP contribution < -0.4 is 15.2 Å². The number of hydrogen-bond donors (Lipinski definition) is 1. The number of nitrogens with two attached hydrogens (primary N) is 1. The van der Waals surface area contributed by atoms with Crippen LogP contribution in [0.1, 0.15) is 17.2 Å². The Morgan fingerprint density at radius 3 is 2.19 bits per heavy atom. The summed E-state index contributed by atoms with van der Waals surface area (Å²) in [5.74, 6) is 0.476. The van der Waals surface area contributed by atoms with Gasteiger partial charge in [-0.05, 0) is 29.3 Å². The fraction of sp³-hybridized carbons (Fsp3) is 0.200. The maximum atomic E-state index is 13.6. The molecular weight excluding hydrogens is 316 g/mol. The highest BCUT2D eigenvalue weighted by atomic mass is 35.5. The van der Waals surface area contributed by atoms with Crippen molar-refractivity contribution < 1.29 is 13.9 Å². The first kappa shape index (κ1) is 15.9. The Labute approximate surface area is 132 Å². The molecule has 2 aromatic rings. The van der Waals surface area contributed by atoms with E-state index in [4.69, 9.17) is 38.4 Å². The van der Waals surface area contributed by atoms with Crippen LogP contribution in [-0.2, 0) is 0 Å². The highest BCUT2D eigenvalue weighted by molar-refractivity contribution is 6.31. The molecule has 0 aromatic heterocycles. The molecule has 0 saturated carbocycles. The van der Waals surface area contributed by atoms with Gasteiger partial charge in [0, 0.05) is 11.1 Å². The van der Waals surface area contributed by atoms with Gasteiger partial charge >= 0.3 is 0 Å². The molecule has 6 heteroatoms. The molecule has 0 amide bonds. The third-order valence-electron chi connectivity index (χ3n) is 3.14. The van der Waals surface area contributed by atoms with E-state index in [0.29, 0.717) is 27.6 Å². The summed E-state index contributed by atoms with van der Waals surface area (Å²) in [5, 5.41) is 0.458. The van der Waals surface area contributed by atoms with E-state index in [1.165, 1.54) is 26.4 Å². The van der Waals surface area contributed by atoms with Crippen LogP contribution in [0.25, 0.3) is 0 Å². The van der Waals surface area contributed by atoms with Gasteiger partial charge in [0.05, 0.1) is 25.3 Å². The first-order valence-corrected chi connectivity index (χ1v) is 6.85. The Kier molecular flexibility index (Phi) is 4.93. The molecular formula is C15H14Cl2FNO2. The normalized spacial score (nSPS) is 12.1. The minimum absolute atomic E-state index is 0.0457. The van der Waals surface area contributed by atoms with Gasteiger partial charge in [0.1, 0.15) is 5.82 Å². The van der Waals surface area contributed by atoms with Crippen LogP contribution in [0.3, 0.4) is 0 Å². The van der Waals surface area contributed by atoms with Gasteiger partial charge in [0.15, 0.2) is 11.5 Å². The third-order valence-corrected chi connectivity index (χ3v) is 3.77. The lowest BCUT2D eigenvalue weighted by Gasteiger charge is -2.17. The molecule has 112 valence electrons. The summed E-state index contributed by atoms with van der Waals surface area (Å²) in [6, 6.07) is 7.09. The summed E-state index contributed by atoms with van der Waals surface area (Å²) in [6.07, 6.45) is 0. The largest absolute Gasteiger partial charge is 0.493 e. The van der Waals surface area contributed by atoms with Gasteiger partial charge in [0.2, 0.25) is 0 Å². The standard InChI is InChI=1S/C15H14Cl2FNO2/c1-20-13-6-9(11(17)7-14(13)21-2)15(19)8-3-4-10(16)12(18)5-8/h3-7,15H,19H2,1-2H3. The van der Waals surface area contributed by atoms with Gasteiger partial charge in [-0.1, -0.05) is 29.3 Å². The van der Waals surface area contributed by atoms with Gasteiger partial charge in [0.25, 0.3) is 0 Å². The molecule has 2 N–H and O–H groups in total. The second-order valence-corrected chi connectivity index (χ2v) is 5.19. The Balaban J connectivity index is 2.47. The average molecular weight is 330 g/mol. The van der Waals surface area contributed by atoms with Crippen molar-refractivity contribution in [2.24, 2.45) is 5.73 Å². The maximum Gasteiger partial charge on any atom is 0.162 e. The van der Waals surface area contributed by atoms with E-state index in [2.05, 4.69) is 0 Å². The van der Waals surface area contributed by atoms with Gasteiger partial charge in [-0.25, -0.2) is 4.39 Å². The van der Waals surface area contributed by atoms with E-state index in [1.807, 2.05) is 0 Å². The van der Waals surface area contributed by atoms with Crippen LogP contribution in [0.2, 0.25) is 10.0 Å². The minimum atomic E-state index is -0.607. The molecule has 0 aliphatic carbocycles. The summed E-state index contributed by atoms with van der Waals surface area (Å²) in [7, 11) is 3.03. The number of rotatable bonds is 4. The van der Waals surface area contributed by atoms with Crippen molar-refractivity contribution in [2.75, 3.05) is 14.2 Å². The number of hydrogen-bond acceptors (Lipinski definition) is 3. The summed E-state index contributed by atoms with van der Waals surface area (Å²) >= 11 is 11.9. The first-order valence-electron chi connectivity index (χ1n) is 6.10. The topological polar surface area (TPSA) is 44.5 Å². The molecule has 21 heavy (non-hydrogen) atoms. The highest BCUT2D eigenvalue weighted by Crippen LogP contribution is 2.37. The molecule has 0 aliphatic rings. The molecule has 3 nitrogen and oxygen atoms in total. The lowest BCUT2D eigenvalue weighted by atomic mass is 9.99. The first-order chi connectivity index (χ1) is 9.97. The molecule has 1 atom stereocenters. The zero-order chi connectivity index (χ0) is 15.6. The van der Waals surface area contributed by atoms with Crippen molar-refractivity contribution in [1.82, 2.24) is 0 Å². The second kappa shape index (κ2) is 6.52. The molecule has 0 spiro atoms. The molecule has 2 aromatic carbocycles.